The van der Waals surface area contributed by atoms with Gasteiger partial charge in [0, 0.05) is 24.6 Å². The molecule has 0 bridgehead atoms. The van der Waals surface area contributed by atoms with Crippen LogP contribution in [0.4, 0.5) is 0 Å². The molecule has 1 atom stereocenters. The number of carbonyl (C=O) groups excluding carboxylic acids is 2. The van der Waals surface area contributed by atoms with Gasteiger partial charge in [-0.1, -0.05) is 60.7 Å². The lowest BCUT2D eigenvalue weighted by Gasteiger charge is -2.28. The quantitative estimate of drug-likeness (QED) is 0.437. The zero-order chi connectivity index (χ0) is 19.9. The van der Waals surface area contributed by atoms with Crippen LogP contribution in [0.1, 0.15) is 36.3 Å². The van der Waals surface area contributed by atoms with Crippen LogP contribution in [0.5, 0.6) is 0 Å². The van der Waals surface area contributed by atoms with Crippen molar-refractivity contribution in [3.8, 4) is 0 Å². The normalized spacial score (nSPS) is 17.0. The third kappa shape index (κ3) is 4.55. The van der Waals surface area contributed by atoms with Crippen molar-refractivity contribution in [3.63, 3.8) is 0 Å². The van der Waals surface area contributed by atoms with Crippen molar-refractivity contribution >= 4 is 17.9 Å². The Morgan fingerprint density at radius 3 is 2.18 bits per heavy atom. The number of allylic oxidation sites excluding steroid dienone is 1. The van der Waals surface area contributed by atoms with Crippen molar-refractivity contribution in [1.82, 2.24) is 4.90 Å². The summed E-state index contributed by atoms with van der Waals surface area (Å²) in [5, 5.41) is 16.6. The average Bonchev–Trinajstić information content (AvgIpc) is 3.21. The first-order chi connectivity index (χ1) is 13.6. The minimum Gasteiger partial charge on any atom is -0.504 e. The molecule has 0 aliphatic carbocycles. The van der Waals surface area contributed by atoms with Crippen molar-refractivity contribution < 1.29 is 14.7 Å². The molecule has 144 valence electrons. The first-order valence-electron chi connectivity index (χ1n) is 9.46. The summed E-state index contributed by atoms with van der Waals surface area (Å²) in [4.78, 5) is 25.7. The topological polar surface area (TPSA) is 81.5 Å². The van der Waals surface area contributed by atoms with Crippen LogP contribution in [0.15, 0.2) is 72.5 Å². The summed E-state index contributed by atoms with van der Waals surface area (Å²) in [6.07, 6.45) is 3.98. The highest BCUT2D eigenvalue weighted by Gasteiger charge is 2.31. The zero-order valence-corrected chi connectivity index (χ0v) is 15.6. The molecule has 1 heterocycles. The summed E-state index contributed by atoms with van der Waals surface area (Å²) in [5.41, 5.74) is 2.40. The van der Waals surface area contributed by atoms with Gasteiger partial charge in [-0.3, -0.25) is 9.59 Å². The van der Waals surface area contributed by atoms with Crippen LogP contribution in [-0.2, 0) is 9.59 Å². The van der Waals surface area contributed by atoms with Gasteiger partial charge in [0.15, 0.2) is 5.76 Å². The second-order valence-corrected chi connectivity index (χ2v) is 6.98. The Bertz CT molecular complexity index is 822. The number of aliphatic hydroxyl groups excluding tert-OH is 1. The highest BCUT2D eigenvalue weighted by Crippen LogP contribution is 2.34. The highest BCUT2D eigenvalue weighted by atomic mass is 16.3. The second-order valence-electron chi connectivity index (χ2n) is 6.98. The Kier molecular flexibility index (Phi) is 6.37. The van der Waals surface area contributed by atoms with Crippen molar-refractivity contribution in [2.24, 2.45) is 0 Å². The van der Waals surface area contributed by atoms with Crippen LogP contribution in [0.25, 0.3) is 0 Å². The van der Waals surface area contributed by atoms with Gasteiger partial charge in [0.1, 0.15) is 0 Å². The summed E-state index contributed by atoms with van der Waals surface area (Å²) in [5.74, 6) is -1.78. The first kappa shape index (κ1) is 19.5. The molecular weight excluding hydrogens is 352 g/mol. The zero-order valence-electron chi connectivity index (χ0n) is 15.6. The molecular formula is C23H24N2O3. The fourth-order valence-electron chi connectivity index (χ4n) is 3.82. The average molecular weight is 376 g/mol. The molecule has 1 saturated heterocycles. The van der Waals surface area contributed by atoms with Crippen molar-refractivity contribution in [1.29, 1.82) is 5.41 Å². The van der Waals surface area contributed by atoms with Gasteiger partial charge in [0.05, 0.1) is 6.21 Å². The molecule has 2 aromatic rings. The number of amides is 1. The molecule has 2 aromatic carbocycles. The molecule has 0 unspecified atom stereocenters. The van der Waals surface area contributed by atoms with Crippen LogP contribution in [0.2, 0.25) is 0 Å². The smallest absolute Gasteiger partial charge is 0.250 e. The Hall–Kier alpha value is -3.21. The van der Waals surface area contributed by atoms with Crippen LogP contribution in [0.3, 0.4) is 0 Å². The molecule has 0 spiro atoms. The van der Waals surface area contributed by atoms with Gasteiger partial charge in [0.25, 0.3) is 5.91 Å². The molecule has 28 heavy (non-hydrogen) atoms. The van der Waals surface area contributed by atoms with Crippen molar-refractivity contribution in [2.75, 3.05) is 6.54 Å². The van der Waals surface area contributed by atoms with E-state index in [0.717, 1.165) is 25.3 Å². The third-order valence-corrected chi connectivity index (χ3v) is 5.22. The first-order valence-corrected chi connectivity index (χ1v) is 9.46. The van der Waals surface area contributed by atoms with Gasteiger partial charge in [-0.2, -0.15) is 0 Å². The largest absolute Gasteiger partial charge is 0.504 e. The Labute approximate surface area is 164 Å². The molecule has 5 nitrogen and oxygen atoms in total. The van der Waals surface area contributed by atoms with Crippen molar-refractivity contribution in [3.05, 3.63) is 83.6 Å². The van der Waals surface area contributed by atoms with Crippen LogP contribution in [-0.4, -0.2) is 40.5 Å². The van der Waals surface area contributed by atoms with Gasteiger partial charge in [-0.25, -0.2) is 0 Å². The lowest BCUT2D eigenvalue weighted by atomic mass is 9.85. The molecule has 1 aliphatic rings. The number of ketones is 1. The van der Waals surface area contributed by atoms with Crippen LogP contribution < -0.4 is 0 Å². The molecule has 1 aliphatic heterocycles. The number of benzene rings is 2. The number of nitrogens with one attached hydrogen (secondary N) is 1. The fourth-order valence-corrected chi connectivity index (χ4v) is 3.82. The molecule has 3 rings (SSSR count). The van der Waals surface area contributed by atoms with Gasteiger partial charge < -0.3 is 15.4 Å². The lowest BCUT2D eigenvalue weighted by molar-refractivity contribution is -0.127. The molecule has 0 radical (unpaired) electrons. The molecule has 2 N–H and O–H groups in total. The fraction of sp³-hybridized carbons (Fsp3) is 0.261. The van der Waals surface area contributed by atoms with Gasteiger partial charge in [-0.15, -0.1) is 0 Å². The van der Waals surface area contributed by atoms with E-state index in [9.17, 15) is 14.7 Å². The SMILES string of the molecule is N=CC(=O)/C(O)=C/C(=O)N1CCC[C@@H]1CC(c1ccccc1)c1ccccc1. The molecule has 1 amide bonds. The molecule has 5 heteroatoms. The molecule has 0 saturated carbocycles. The van der Waals surface area contributed by atoms with E-state index in [1.807, 2.05) is 36.4 Å². The molecule has 1 fully saturated rings. The monoisotopic (exact) mass is 376 g/mol. The number of carbonyl (C=O) groups is 2. The summed E-state index contributed by atoms with van der Waals surface area (Å²) in [6.45, 7) is 0.600. The van der Waals surface area contributed by atoms with Crippen molar-refractivity contribution in [2.45, 2.75) is 31.2 Å². The Morgan fingerprint density at radius 2 is 1.64 bits per heavy atom. The number of Topliss-reactive ketones (excluding diaryl/α,β-unsaturated/α-hetero) is 1. The Morgan fingerprint density at radius 1 is 1.07 bits per heavy atom. The maximum Gasteiger partial charge on any atom is 0.250 e. The van der Waals surface area contributed by atoms with E-state index in [0.29, 0.717) is 12.8 Å². The highest BCUT2D eigenvalue weighted by molar-refractivity contribution is 6.33. The molecule has 0 aromatic heterocycles. The van der Waals surface area contributed by atoms with E-state index in [1.165, 1.54) is 11.1 Å². The number of likely N-dealkylation sites (tertiary alicyclic amines) is 1. The van der Waals surface area contributed by atoms with E-state index in [2.05, 4.69) is 24.3 Å². The lowest BCUT2D eigenvalue weighted by Crippen LogP contribution is -2.36. The van der Waals surface area contributed by atoms with Crippen LogP contribution >= 0.6 is 0 Å². The van der Waals surface area contributed by atoms with E-state index in [1.54, 1.807) is 4.90 Å². The minimum absolute atomic E-state index is 0.0250. The number of hydrogen-bond acceptors (Lipinski definition) is 4. The predicted molar refractivity (Wildman–Crippen MR) is 109 cm³/mol. The van der Waals surface area contributed by atoms with E-state index < -0.39 is 11.5 Å². The number of rotatable bonds is 7. The van der Waals surface area contributed by atoms with E-state index in [4.69, 9.17) is 5.41 Å². The van der Waals surface area contributed by atoms with E-state index >= 15 is 0 Å². The number of nitrogens with zero attached hydrogens (tertiary/aromatic N) is 1. The summed E-state index contributed by atoms with van der Waals surface area (Å²) in [6, 6.07) is 20.5. The standard InChI is InChI=1S/C23H24N2O3/c24-16-22(27)21(26)15-23(28)25-13-7-12-19(25)14-20(17-8-3-1-4-9-17)18-10-5-2-6-11-18/h1-6,8-11,15-16,19-20,24,26H,7,12-14H2/b21-15-,24-16?/t19-/m1/s1. The summed E-state index contributed by atoms with van der Waals surface area (Å²) < 4.78 is 0. The number of aliphatic hydroxyl groups is 1. The predicted octanol–water partition coefficient (Wildman–Crippen LogP) is 3.86. The third-order valence-electron chi connectivity index (χ3n) is 5.22. The number of hydrogen-bond donors (Lipinski definition) is 2. The van der Waals surface area contributed by atoms with Gasteiger partial charge in [0.2, 0.25) is 5.78 Å². The van der Waals surface area contributed by atoms with Crippen LogP contribution in [0, 0.1) is 5.41 Å². The van der Waals surface area contributed by atoms with Gasteiger partial charge in [-0.05, 0) is 30.4 Å². The second kappa shape index (κ2) is 9.13. The van der Waals surface area contributed by atoms with E-state index in [-0.39, 0.29) is 17.9 Å². The van der Waals surface area contributed by atoms with Gasteiger partial charge >= 0.3 is 0 Å². The summed E-state index contributed by atoms with van der Waals surface area (Å²) >= 11 is 0. The summed E-state index contributed by atoms with van der Waals surface area (Å²) in [7, 11) is 0. The maximum absolute atomic E-state index is 12.6. The minimum atomic E-state index is -0.865. The maximum atomic E-state index is 12.6. The Balaban J connectivity index is 1.83.